The first-order valence-corrected chi connectivity index (χ1v) is 3.74. The fourth-order valence-corrected chi connectivity index (χ4v) is 1.35. The van der Waals surface area contributed by atoms with E-state index in [1.165, 1.54) is 0 Å². The van der Waals surface area contributed by atoms with Crippen molar-refractivity contribution >= 4 is 30.1 Å². The van der Waals surface area contributed by atoms with Crippen LogP contribution < -0.4 is 4.72 Å². The summed E-state index contributed by atoms with van der Waals surface area (Å²) in [7, 11) is 0. The van der Waals surface area contributed by atoms with Crippen molar-refractivity contribution in [2.45, 2.75) is 12.8 Å². The number of hydrogen-bond donors (Lipinski definition) is 1. The molecule has 1 aliphatic heterocycles. The van der Waals surface area contributed by atoms with Gasteiger partial charge in [-0.25, -0.2) is 0 Å². The van der Waals surface area contributed by atoms with Crippen molar-refractivity contribution in [3.05, 3.63) is 0 Å². The molecule has 1 saturated heterocycles. The number of carbonyl (C=O) groups is 1. The summed E-state index contributed by atoms with van der Waals surface area (Å²) in [6.07, 6.45) is 1.46. The smallest absolute Gasteiger partial charge is 0.135 e. The number of carbonyl (C=O) groups excluding carboxylic acids is 1. The van der Waals surface area contributed by atoms with Crippen molar-refractivity contribution in [3.8, 4) is 0 Å². The summed E-state index contributed by atoms with van der Waals surface area (Å²) < 4.78 is 3.07. The minimum absolute atomic E-state index is 0. The molecule has 0 aliphatic carbocycles. The van der Waals surface area contributed by atoms with Gasteiger partial charge in [-0.3, -0.25) is 9.52 Å². The molecule has 0 radical (unpaired) electrons. The van der Waals surface area contributed by atoms with E-state index in [1.807, 2.05) is 0 Å². The number of ketones is 1. The molecule has 1 rings (SSSR count). The van der Waals surface area contributed by atoms with Crippen LogP contribution in [0.4, 0.5) is 0 Å². The molecule has 1 fully saturated rings. The molecule has 0 unspecified atom stereocenters. The third-order valence-electron chi connectivity index (χ3n) is 1.09. The van der Waals surface area contributed by atoms with E-state index in [-0.39, 0.29) is 12.4 Å². The highest BCUT2D eigenvalue weighted by atomic mass is 35.5. The molecule has 9 heavy (non-hydrogen) atoms. The Balaban J connectivity index is 0.000000640. The first-order valence-electron chi connectivity index (χ1n) is 2.76. The fourth-order valence-electron chi connectivity index (χ4n) is 0.625. The molecule has 54 valence electrons. The lowest BCUT2D eigenvalue weighted by atomic mass is 10.2. The van der Waals surface area contributed by atoms with Crippen LogP contribution in [0.3, 0.4) is 0 Å². The van der Waals surface area contributed by atoms with Gasteiger partial charge in [0.1, 0.15) is 5.78 Å². The van der Waals surface area contributed by atoms with E-state index in [1.54, 1.807) is 11.9 Å². The number of halogens is 1. The zero-order valence-corrected chi connectivity index (χ0v) is 6.69. The lowest BCUT2D eigenvalue weighted by Gasteiger charge is -1.90. The largest absolute Gasteiger partial charge is 0.300 e. The maximum absolute atomic E-state index is 10.6. The summed E-state index contributed by atoms with van der Waals surface area (Å²) in [5.74, 6) is 1.33. The Labute approximate surface area is 65.3 Å². The van der Waals surface area contributed by atoms with E-state index in [9.17, 15) is 4.79 Å². The van der Waals surface area contributed by atoms with Crippen molar-refractivity contribution in [2.24, 2.45) is 0 Å². The molecule has 0 saturated carbocycles. The van der Waals surface area contributed by atoms with Gasteiger partial charge in [-0.1, -0.05) is 11.9 Å². The normalized spacial score (nSPS) is 20.2. The molecule has 0 amide bonds. The number of Topliss-reactive ketones (excluding diaryl/α,β-unsaturated/α-hetero) is 1. The van der Waals surface area contributed by atoms with Crippen LogP contribution in [-0.4, -0.2) is 18.1 Å². The highest BCUT2D eigenvalue weighted by molar-refractivity contribution is 7.97. The molecule has 0 aromatic rings. The van der Waals surface area contributed by atoms with Crippen molar-refractivity contribution in [2.75, 3.05) is 12.3 Å². The number of rotatable bonds is 0. The van der Waals surface area contributed by atoms with Gasteiger partial charge >= 0.3 is 0 Å². The van der Waals surface area contributed by atoms with Gasteiger partial charge in [0.25, 0.3) is 0 Å². The lowest BCUT2D eigenvalue weighted by molar-refractivity contribution is -0.118. The molecule has 4 heteroatoms. The Morgan fingerprint density at radius 3 is 3.00 bits per heavy atom. The summed E-state index contributed by atoms with van der Waals surface area (Å²) >= 11 is 1.65. The van der Waals surface area contributed by atoms with Crippen LogP contribution in [0, 0.1) is 0 Å². The molecule has 0 aromatic heterocycles. The Hall–Kier alpha value is 0.270. The molecule has 0 spiro atoms. The monoisotopic (exact) mass is 167 g/mol. The molecule has 2 nitrogen and oxygen atoms in total. The van der Waals surface area contributed by atoms with Gasteiger partial charge in [0.2, 0.25) is 0 Å². The topological polar surface area (TPSA) is 29.1 Å². The second-order valence-corrected chi connectivity index (χ2v) is 2.77. The number of nitrogens with one attached hydrogen (secondary N) is 1. The van der Waals surface area contributed by atoms with Crippen molar-refractivity contribution in [3.63, 3.8) is 0 Å². The number of hydrogen-bond acceptors (Lipinski definition) is 3. The second kappa shape index (κ2) is 5.09. The van der Waals surface area contributed by atoms with Crippen LogP contribution in [0.2, 0.25) is 0 Å². The zero-order valence-electron chi connectivity index (χ0n) is 5.05. The van der Waals surface area contributed by atoms with Crippen LogP contribution >= 0.6 is 24.4 Å². The van der Waals surface area contributed by atoms with Gasteiger partial charge in [-0.2, -0.15) is 0 Å². The highest BCUT2D eigenvalue weighted by Gasteiger charge is 2.04. The van der Waals surface area contributed by atoms with Crippen molar-refractivity contribution < 1.29 is 4.79 Å². The minimum atomic E-state index is 0. The molecule has 1 aliphatic rings. The lowest BCUT2D eigenvalue weighted by Crippen LogP contribution is -2.05. The molecule has 0 aromatic carbocycles. The summed E-state index contributed by atoms with van der Waals surface area (Å²) in [6.45, 7) is 0.851. The summed E-state index contributed by atoms with van der Waals surface area (Å²) in [4.78, 5) is 10.6. The molecule has 0 bridgehead atoms. The SMILES string of the molecule is Cl.O=C1CCNSCC1. The Kier molecular flexibility index (Phi) is 5.24. The predicted molar refractivity (Wildman–Crippen MR) is 41.9 cm³/mol. The van der Waals surface area contributed by atoms with Crippen LogP contribution in [0.15, 0.2) is 0 Å². The molecule has 0 atom stereocenters. The Morgan fingerprint density at radius 2 is 2.22 bits per heavy atom. The first-order chi connectivity index (χ1) is 3.89. The molecule has 1 N–H and O–H groups in total. The first kappa shape index (κ1) is 9.27. The van der Waals surface area contributed by atoms with E-state index < -0.39 is 0 Å². The standard InChI is InChI=1S/C5H9NOS.ClH/c7-5-1-3-6-8-4-2-5;/h6H,1-4H2;1H. The second-order valence-electron chi connectivity index (χ2n) is 1.78. The van der Waals surface area contributed by atoms with Crippen LogP contribution in [-0.2, 0) is 4.79 Å². The zero-order chi connectivity index (χ0) is 5.82. The average Bonchev–Trinajstić information content (AvgIpc) is 1.94. The minimum Gasteiger partial charge on any atom is -0.300 e. The van der Waals surface area contributed by atoms with E-state index in [4.69, 9.17) is 0 Å². The van der Waals surface area contributed by atoms with Crippen molar-refractivity contribution in [1.29, 1.82) is 0 Å². The Morgan fingerprint density at radius 1 is 1.44 bits per heavy atom. The van der Waals surface area contributed by atoms with E-state index in [0.717, 1.165) is 18.7 Å². The Bertz CT molecular complexity index is 89.0. The van der Waals surface area contributed by atoms with E-state index in [0.29, 0.717) is 12.2 Å². The summed E-state index contributed by atoms with van der Waals surface area (Å²) in [5.41, 5.74) is 0. The predicted octanol–water partition coefficient (Wildman–Crippen LogP) is 1.01. The van der Waals surface area contributed by atoms with Gasteiger partial charge in [0.05, 0.1) is 0 Å². The van der Waals surface area contributed by atoms with Gasteiger partial charge in [-0.15, -0.1) is 12.4 Å². The van der Waals surface area contributed by atoms with Crippen LogP contribution in [0.1, 0.15) is 12.8 Å². The fraction of sp³-hybridized carbons (Fsp3) is 0.800. The molecule has 1 heterocycles. The van der Waals surface area contributed by atoms with E-state index in [2.05, 4.69) is 4.72 Å². The summed E-state index contributed by atoms with van der Waals surface area (Å²) in [6, 6.07) is 0. The third kappa shape index (κ3) is 3.78. The highest BCUT2D eigenvalue weighted by Crippen LogP contribution is 2.03. The van der Waals surface area contributed by atoms with Gasteiger partial charge in [0, 0.05) is 25.1 Å². The van der Waals surface area contributed by atoms with Gasteiger partial charge in [-0.05, 0) is 0 Å². The average molecular weight is 168 g/mol. The van der Waals surface area contributed by atoms with Crippen LogP contribution in [0.5, 0.6) is 0 Å². The van der Waals surface area contributed by atoms with Gasteiger partial charge < -0.3 is 0 Å². The van der Waals surface area contributed by atoms with Gasteiger partial charge in [0.15, 0.2) is 0 Å². The quantitative estimate of drug-likeness (QED) is 0.546. The maximum Gasteiger partial charge on any atom is 0.135 e. The molecular formula is C5H10ClNOS. The molecular weight excluding hydrogens is 158 g/mol. The van der Waals surface area contributed by atoms with Crippen molar-refractivity contribution in [1.82, 2.24) is 4.72 Å². The third-order valence-corrected chi connectivity index (χ3v) is 1.91. The summed E-state index contributed by atoms with van der Waals surface area (Å²) in [5, 5.41) is 0. The maximum atomic E-state index is 10.6. The van der Waals surface area contributed by atoms with E-state index >= 15 is 0 Å². The van der Waals surface area contributed by atoms with Crippen LogP contribution in [0.25, 0.3) is 0 Å².